The number of nitrogens with zero attached hydrogens (tertiary/aromatic N) is 1. The van der Waals surface area contributed by atoms with Crippen molar-refractivity contribution in [1.29, 1.82) is 0 Å². The van der Waals surface area contributed by atoms with Crippen molar-refractivity contribution >= 4 is 21.8 Å². The molecule has 2 aliphatic heterocycles. The van der Waals surface area contributed by atoms with E-state index in [1.165, 1.54) is 5.56 Å². The summed E-state index contributed by atoms with van der Waals surface area (Å²) in [5.74, 6) is 1.19. The topological polar surface area (TPSA) is 41.6 Å². The number of carbonyl (C=O) groups is 1. The normalized spacial score (nSPS) is 21.2. The maximum Gasteiger partial charge on any atom is 0.240 e. The fraction of sp³-hybridized carbons (Fsp3) is 0.533. The average molecular weight is 339 g/mol. The number of carbonyl (C=O) groups excluding carboxylic acids is 1. The minimum absolute atomic E-state index is 0.0129. The Morgan fingerprint density at radius 3 is 3.15 bits per heavy atom. The van der Waals surface area contributed by atoms with Crippen LogP contribution < -0.4 is 10.1 Å². The van der Waals surface area contributed by atoms with E-state index in [0.29, 0.717) is 6.54 Å². The van der Waals surface area contributed by atoms with Gasteiger partial charge in [-0.15, -0.1) is 0 Å². The molecule has 4 nitrogen and oxygen atoms in total. The van der Waals surface area contributed by atoms with Crippen molar-refractivity contribution in [1.82, 2.24) is 10.2 Å². The van der Waals surface area contributed by atoms with E-state index in [-0.39, 0.29) is 11.9 Å². The number of likely N-dealkylation sites (N-methyl/N-ethyl adjacent to an activating group) is 1. The molecule has 1 aromatic carbocycles. The molecule has 1 unspecified atom stereocenters. The number of ether oxygens (including phenoxy) is 1. The van der Waals surface area contributed by atoms with Gasteiger partial charge in [0.1, 0.15) is 5.75 Å². The van der Waals surface area contributed by atoms with Gasteiger partial charge < -0.3 is 15.0 Å². The van der Waals surface area contributed by atoms with Crippen molar-refractivity contribution < 1.29 is 9.53 Å². The summed E-state index contributed by atoms with van der Waals surface area (Å²) < 4.78 is 6.79. The molecular weight excluding hydrogens is 320 g/mol. The number of likely N-dealkylation sites (tertiary alicyclic amines) is 1. The van der Waals surface area contributed by atoms with Gasteiger partial charge in [-0.3, -0.25) is 4.79 Å². The Bertz CT molecular complexity index is 533. The van der Waals surface area contributed by atoms with Gasteiger partial charge in [0.05, 0.1) is 12.6 Å². The first kappa shape index (κ1) is 13.9. The number of benzene rings is 1. The van der Waals surface area contributed by atoms with Gasteiger partial charge >= 0.3 is 0 Å². The van der Waals surface area contributed by atoms with E-state index in [2.05, 4.69) is 33.4 Å². The van der Waals surface area contributed by atoms with Crippen LogP contribution in [-0.4, -0.2) is 36.5 Å². The molecule has 0 aromatic heterocycles. The molecule has 1 fully saturated rings. The van der Waals surface area contributed by atoms with E-state index in [0.717, 1.165) is 48.3 Å². The van der Waals surface area contributed by atoms with E-state index in [9.17, 15) is 4.79 Å². The van der Waals surface area contributed by atoms with Crippen LogP contribution in [0.5, 0.6) is 5.75 Å². The monoisotopic (exact) mass is 338 g/mol. The highest BCUT2D eigenvalue weighted by molar-refractivity contribution is 9.10. The second-order valence-electron chi connectivity index (χ2n) is 5.31. The van der Waals surface area contributed by atoms with E-state index in [1.54, 1.807) is 0 Å². The fourth-order valence-electron chi connectivity index (χ4n) is 3.00. The summed E-state index contributed by atoms with van der Waals surface area (Å²) in [6.45, 7) is 5.07. The van der Waals surface area contributed by atoms with Crippen LogP contribution in [0.15, 0.2) is 16.6 Å². The van der Waals surface area contributed by atoms with Crippen molar-refractivity contribution in [3.63, 3.8) is 0 Å². The Labute approximate surface area is 127 Å². The summed E-state index contributed by atoms with van der Waals surface area (Å²) in [6.07, 6.45) is 1.85. The van der Waals surface area contributed by atoms with Gasteiger partial charge in [-0.25, -0.2) is 0 Å². The molecule has 2 heterocycles. The molecule has 1 saturated heterocycles. The Kier molecular flexibility index (Phi) is 3.98. The fourth-order valence-corrected chi connectivity index (χ4v) is 3.55. The molecule has 0 aliphatic carbocycles. The van der Waals surface area contributed by atoms with Crippen LogP contribution in [0.4, 0.5) is 0 Å². The van der Waals surface area contributed by atoms with Crippen LogP contribution in [0.2, 0.25) is 0 Å². The van der Waals surface area contributed by atoms with E-state index < -0.39 is 0 Å². The van der Waals surface area contributed by atoms with Crippen LogP contribution in [0.3, 0.4) is 0 Å². The molecule has 1 amide bonds. The maximum absolute atomic E-state index is 12.3. The second-order valence-corrected chi connectivity index (χ2v) is 6.23. The Morgan fingerprint density at radius 1 is 1.50 bits per heavy atom. The van der Waals surface area contributed by atoms with Gasteiger partial charge in [-0.1, -0.05) is 22.9 Å². The van der Waals surface area contributed by atoms with Crippen molar-refractivity contribution in [3.05, 3.63) is 27.7 Å². The SMILES string of the molecule is CCNC1CCN(Cc2cc(Br)cc3c2OCC3)C1=O. The quantitative estimate of drug-likeness (QED) is 0.913. The Morgan fingerprint density at radius 2 is 2.35 bits per heavy atom. The maximum atomic E-state index is 12.3. The Hall–Kier alpha value is -1.07. The van der Waals surface area contributed by atoms with Gasteiger partial charge in [0.25, 0.3) is 0 Å². The van der Waals surface area contributed by atoms with Crippen molar-refractivity contribution in [2.24, 2.45) is 0 Å². The predicted molar refractivity (Wildman–Crippen MR) is 80.8 cm³/mol. The zero-order valence-corrected chi connectivity index (χ0v) is 13.2. The number of rotatable bonds is 4. The zero-order valence-electron chi connectivity index (χ0n) is 11.6. The molecule has 1 atom stereocenters. The van der Waals surface area contributed by atoms with Crippen LogP contribution >= 0.6 is 15.9 Å². The van der Waals surface area contributed by atoms with Crippen LogP contribution in [0.25, 0.3) is 0 Å². The van der Waals surface area contributed by atoms with Gasteiger partial charge in [0.2, 0.25) is 5.91 Å². The molecule has 0 spiro atoms. The minimum Gasteiger partial charge on any atom is -0.493 e. The standard InChI is InChI=1S/C15H19BrN2O2/c1-2-17-13-3-5-18(15(13)19)9-11-8-12(16)7-10-4-6-20-14(10)11/h7-8,13,17H,2-6,9H2,1H3. The summed E-state index contributed by atoms with van der Waals surface area (Å²) in [5, 5.41) is 3.24. The highest BCUT2D eigenvalue weighted by Crippen LogP contribution is 2.34. The van der Waals surface area contributed by atoms with Crippen LogP contribution in [-0.2, 0) is 17.8 Å². The molecule has 1 N–H and O–H groups in total. The molecule has 1 aromatic rings. The first-order valence-electron chi connectivity index (χ1n) is 7.15. The molecule has 5 heteroatoms. The van der Waals surface area contributed by atoms with Gasteiger partial charge in [-0.05, 0) is 30.7 Å². The Balaban J connectivity index is 1.78. The number of halogens is 1. The lowest BCUT2D eigenvalue weighted by molar-refractivity contribution is -0.129. The largest absolute Gasteiger partial charge is 0.493 e. The summed E-state index contributed by atoms with van der Waals surface area (Å²) in [5.41, 5.74) is 2.35. The summed E-state index contributed by atoms with van der Waals surface area (Å²) in [7, 11) is 0. The number of hydrogen-bond acceptors (Lipinski definition) is 3. The van der Waals surface area contributed by atoms with Gasteiger partial charge in [-0.2, -0.15) is 0 Å². The third-order valence-electron chi connectivity index (χ3n) is 3.93. The van der Waals surface area contributed by atoms with Crippen molar-refractivity contribution in [2.45, 2.75) is 32.4 Å². The molecule has 3 rings (SSSR count). The zero-order chi connectivity index (χ0) is 14.1. The number of nitrogens with one attached hydrogen (secondary N) is 1. The number of hydrogen-bond donors (Lipinski definition) is 1. The molecule has 0 saturated carbocycles. The lowest BCUT2D eigenvalue weighted by Gasteiger charge is -2.19. The number of amides is 1. The lowest BCUT2D eigenvalue weighted by atomic mass is 10.1. The van der Waals surface area contributed by atoms with Crippen LogP contribution in [0, 0.1) is 0 Å². The average Bonchev–Trinajstić information content (AvgIpc) is 3.00. The van der Waals surface area contributed by atoms with E-state index in [4.69, 9.17) is 4.74 Å². The predicted octanol–water partition coefficient (Wildman–Crippen LogP) is 2.09. The van der Waals surface area contributed by atoms with E-state index >= 15 is 0 Å². The molecule has 108 valence electrons. The third-order valence-corrected chi connectivity index (χ3v) is 4.39. The molecule has 0 radical (unpaired) electrons. The summed E-state index contributed by atoms with van der Waals surface area (Å²) in [6, 6.07) is 4.16. The second kappa shape index (κ2) is 5.74. The van der Waals surface area contributed by atoms with Gasteiger partial charge in [0, 0.05) is 29.5 Å². The molecular formula is C15H19BrN2O2. The minimum atomic E-state index is -0.0129. The van der Waals surface area contributed by atoms with Gasteiger partial charge in [0.15, 0.2) is 0 Å². The lowest BCUT2D eigenvalue weighted by Crippen LogP contribution is -2.37. The summed E-state index contributed by atoms with van der Waals surface area (Å²) in [4.78, 5) is 14.2. The third kappa shape index (κ3) is 2.56. The first-order valence-corrected chi connectivity index (χ1v) is 7.94. The highest BCUT2D eigenvalue weighted by Gasteiger charge is 2.31. The molecule has 0 bridgehead atoms. The molecule has 2 aliphatic rings. The summed E-state index contributed by atoms with van der Waals surface area (Å²) >= 11 is 3.55. The van der Waals surface area contributed by atoms with E-state index in [1.807, 2.05) is 11.8 Å². The highest BCUT2D eigenvalue weighted by atomic mass is 79.9. The van der Waals surface area contributed by atoms with Crippen LogP contribution in [0.1, 0.15) is 24.5 Å². The molecule has 20 heavy (non-hydrogen) atoms. The number of fused-ring (bicyclic) bond motifs is 1. The van der Waals surface area contributed by atoms with Crippen molar-refractivity contribution in [2.75, 3.05) is 19.7 Å². The van der Waals surface area contributed by atoms with Crippen molar-refractivity contribution in [3.8, 4) is 5.75 Å². The first-order chi connectivity index (χ1) is 9.69. The smallest absolute Gasteiger partial charge is 0.240 e.